The molecule has 0 saturated heterocycles. The third-order valence-electron chi connectivity index (χ3n) is 3.50. The van der Waals surface area contributed by atoms with Gasteiger partial charge in [-0.1, -0.05) is 18.2 Å². The monoisotopic (exact) mass is 330 g/mol. The van der Waals surface area contributed by atoms with E-state index in [4.69, 9.17) is 9.84 Å². The second-order valence-electron chi connectivity index (χ2n) is 5.11. The minimum atomic E-state index is -0.426. The topological polar surface area (TPSA) is 102 Å². The van der Waals surface area contributed by atoms with Crippen molar-refractivity contribution in [1.29, 1.82) is 0 Å². The predicted octanol–water partition coefficient (Wildman–Crippen LogP) is 2.20. The van der Waals surface area contributed by atoms with E-state index in [0.29, 0.717) is 22.4 Å². The lowest BCUT2D eigenvalue weighted by molar-refractivity contribution is -0.385. The van der Waals surface area contributed by atoms with Crippen molar-refractivity contribution >= 4 is 11.6 Å². The number of carbonyl (C=O) groups excluding carboxylic acids is 1. The van der Waals surface area contributed by atoms with Crippen LogP contribution < -0.4 is 10.1 Å². The van der Waals surface area contributed by atoms with Crippen molar-refractivity contribution in [2.75, 3.05) is 13.2 Å². The van der Waals surface area contributed by atoms with E-state index in [1.807, 2.05) is 0 Å². The van der Waals surface area contributed by atoms with Gasteiger partial charge in [0, 0.05) is 23.7 Å². The summed E-state index contributed by atoms with van der Waals surface area (Å²) in [5, 5.41) is 22.2. The molecule has 0 fully saturated rings. The van der Waals surface area contributed by atoms with E-state index in [9.17, 15) is 14.9 Å². The van der Waals surface area contributed by atoms with Crippen molar-refractivity contribution in [3.05, 3.63) is 69.3 Å². The Morgan fingerprint density at radius 3 is 2.75 bits per heavy atom. The molecule has 24 heavy (non-hydrogen) atoms. The summed E-state index contributed by atoms with van der Waals surface area (Å²) in [7, 11) is 0. The molecule has 2 N–H and O–H groups in total. The summed E-state index contributed by atoms with van der Waals surface area (Å²) in [6, 6.07) is 11.4. The molecule has 1 amide bonds. The maximum Gasteiger partial charge on any atom is 0.272 e. The van der Waals surface area contributed by atoms with Gasteiger partial charge in [0.05, 0.1) is 11.5 Å². The highest BCUT2D eigenvalue weighted by atomic mass is 16.6. The number of hydrogen-bond donors (Lipinski definition) is 2. The van der Waals surface area contributed by atoms with Gasteiger partial charge in [0.25, 0.3) is 11.6 Å². The van der Waals surface area contributed by atoms with E-state index in [-0.39, 0.29) is 31.4 Å². The lowest BCUT2D eigenvalue weighted by Gasteiger charge is -2.10. The summed E-state index contributed by atoms with van der Waals surface area (Å²) in [4.78, 5) is 22.4. The van der Waals surface area contributed by atoms with Crippen LogP contribution in [0.2, 0.25) is 0 Å². The van der Waals surface area contributed by atoms with Gasteiger partial charge in [-0.2, -0.15) is 0 Å². The van der Waals surface area contributed by atoms with Gasteiger partial charge in [-0.3, -0.25) is 14.9 Å². The molecular formula is C17H18N2O5. The molecule has 0 spiro atoms. The molecule has 2 aromatic carbocycles. The van der Waals surface area contributed by atoms with Crippen LogP contribution in [-0.4, -0.2) is 29.1 Å². The van der Waals surface area contributed by atoms with E-state index >= 15 is 0 Å². The van der Waals surface area contributed by atoms with Gasteiger partial charge in [-0.15, -0.1) is 0 Å². The zero-order valence-electron chi connectivity index (χ0n) is 13.2. The molecule has 2 aromatic rings. The SMILES string of the molecule is Cc1c(COc2cccc(C(=O)NCCO)c2)cccc1[N+](=O)[O-]. The molecule has 0 aliphatic rings. The summed E-state index contributed by atoms with van der Waals surface area (Å²) in [5.41, 5.74) is 1.73. The number of ether oxygens (including phenoxy) is 1. The number of rotatable bonds is 7. The predicted molar refractivity (Wildman–Crippen MR) is 88.0 cm³/mol. The fourth-order valence-corrected chi connectivity index (χ4v) is 2.18. The first kappa shape index (κ1) is 17.4. The molecule has 0 saturated carbocycles. The number of hydrogen-bond acceptors (Lipinski definition) is 5. The Morgan fingerprint density at radius 1 is 1.29 bits per heavy atom. The normalized spacial score (nSPS) is 10.2. The summed E-state index contributed by atoms with van der Waals surface area (Å²) in [5.74, 6) is 0.179. The largest absolute Gasteiger partial charge is 0.489 e. The van der Waals surface area contributed by atoms with Crippen molar-refractivity contribution in [3.63, 3.8) is 0 Å². The lowest BCUT2D eigenvalue weighted by atomic mass is 10.1. The maximum atomic E-state index is 11.9. The quantitative estimate of drug-likeness (QED) is 0.598. The number of benzene rings is 2. The van der Waals surface area contributed by atoms with Gasteiger partial charge in [0.2, 0.25) is 0 Å². The average molecular weight is 330 g/mol. The van der Waals surface area contributed by atoms with Crippen LogP contribution >= 0.6 is 0 Å². The zero-order valence-corrected chi connectivity index (χ0v) is 13.2. The van der Waals surface area contributed by atoms with Crippen LogP contribution in [0.15, 0.2) is 42.5 Å². The first-order valence-corrected chi connectivity index (χ1v) is 7.37. The first-order valence-electron chi connectivity index (χ1n) is 7.37. The second-order valence-corrected chi connectivity index (χ2v) is 5.11. The van der Waals surface area contributed by atoms with E-state index in [1.54, 1.807) is 43.3 Å². The Balaban J connectivity index is 2.09. The third kappa shape index (κ3) is 4.30. The fraction of sp³-hybridized carbons (Fsp3) is 0.235. The van der Waals surface area contributed by atoms with Crippen LogP contribution in [-0.2, 0) is 6.61 Å². The Morgan fingerprint density at radius 2 is 2.04 bits per heavy atom. The molecule has 0 bridgehead atoms. The molecular weight excluding hydrogens is 312 g/mol. The Labute approximate surface area is 139 Å². The van der Waals surface area contributed by atoms with Gasteiger partial charge in [-0.25, -0.2) is 0 Å². The third-order valence-corrected chi connectivity index (χ3v) is 3.50. The van der Waals surface area contributed by atoms with Crippen LogP contribution in [0.3, 0.4) is 0 Å². The first-order chi connectivity index (χ1) is 11.5. The molecule has 0 atom stereocenters. The van der Waals surface area contributed by atoms with Crippen LogP contribution in [0, 0.1) is 17.0 Å². The van der Waals surface area contributed by atoms with Crippen LogP contribution in [0.1, 0.15) is 21.5 Å². The van der Waals surface area contributed by atoms with E-state index < -0.39 is 4.92 Å². The molecule has 0 radical (unpaired) electrons. The number of amides is 1. The summed E-state index contributed by atoms with van der Waals surface area (Å²) in [6.07, 6.45) is 0. The molecule has 0 unspecified atom stereocenters. The minimum absolute atomic E-state index is 0.0493. The van der Waals surface area contributed by atoms with Crippen molar-refractivity contribution in [2.24, 2.45) is 0 Å². The maximum absolute atomic E-state index is 11.9. The molecule has 0 aromatic heterocycles. The average Bonchev–Trinajstić information content (AvgIpc) is 2.58. The standard InChI is InChI=1S/C17H18N2O5/c1-12-14(5-3-7-16(12)19(22)23)11-24-15-6-2-4-13(10-15)17(21)18-8-9-20/h2-7,10,20H,8-9,11H2,1H3,(H,18,21). The lowest BCUT2D eigenvalue weighted by Crippen LogP contribution is -2.26. The Hall–Kier alpha value is -2.93. The number of carbonyl (C=O) groups is 1. The fourth-order valence-electron chi connectivity index (χ4n) is 2.18. The van der Waals surface area contributed by atoms with Gasteiger partial charge < -0.3 is 15.2 Å². The van der Waals surface area contributed by atoms with Crippen molar-refractivity contribution in [3.8, 4) is 5.75 Å². The molecule has 7 nitrogen and oxygen atoms in total. The van der Waals surface area contributed by atoms with Gasteiger partial charge in [0.15, 0.2) is 0 Å². The van der Waals surface area contributed by atoms with Crippen molar-refractivity contribution in [1.82, 2.24) is 5.32 Å². The second kappa shape index (κ2) is 8.07. The summed E-state index contributed by atoms with van der Waals surface area (Å²) in [6.45, 7) is 1.88. The smallest absolute Gasteiger partial charge is 0.272 e. The minimum Gasteiger partial charge on any atom is -0.489 e. The highest BCUT2D eigenvalue weighted by Crippen LogP contribution is 2.23. The number of nitrogens with one attached hydrogen (secondary N) is 1. The van der Waals surface area contributed by atoms with Gasteiger partial charge in [-0.05, 0) is 30.7 Å². The molecule has 0 aliphatic heterocycles. The van der Waals surface area contributed by atoms with Crippen LogP contribution in [0.5, 0.6) is 5.75 Å². The van der Waals surface area contributed by atoms with Crippen LogP contribution in [0.25, 0.3) is 0 Å². The molecule has 7 heteroatoms. The molecule has 126 valence electrons. The number of aliphatic hydroxyl groups excluding tert-OH is 1. The number of nitro benzene ring substituents is 1. The van der Waals surface area contributed by atoms with Crippen LogP contribution in [0.4, 0.5) is 5.69 Å². The van der Waals surface area contributed by atoms with E-state index in [1.165, 1.54) is 6.07 Å². The summed E-state index contributed by atoms with van der Waals surface area (Å²) < 4.78 is 5.65. The number of nitrogens with zero attached hydrogens (tertiary/aromatic N) is 1. The van der Waals surface area contributed by atoms with Crippen molar-refractivity contribution < 1.29 is 19.6 Å². The van der Waals surface area contributed by atoms with Gasteiger partial charge in [0.1, 0.15) is 12.4 Å². The van der Waals surface area contributed by atoms with Crippen molar-refractivity contribution in [2.45, 2.75) is 13.5 Å². The van der Waals surface area contributed by atoms with E-state index in [2.05, 4.69) is 5.32 Å². The highest BCUT2D eigenvalue weighted by Gasteiger charge is 2.13. The number of aliphatic hydroxyl groups is 1. The molecule has 0 aliphatic carbocycles. The summed E-state index contributed by atoms with van der Waals surface area (Å²) >= 11 is 0. The molecule has 2 rings (SSSR count). The molecule has 0 heterocycles. The zero-order chi connectivity index (χ0) is 17.5. The van der Waals surface area contributed by atoms with E-state index in [0.717, 1.165) is 0 Å². The number of nitro groups is 1. The Kier molecular flexibility index (Phi) is 5.86. The Bertz CT molecular complexity index is 746. The van der Waals surface area contributed by atoms with Gasteiger partial charge >= 0.3 is 0 Å². The highest BCUT2D eigenvalue weighted by molar-refractivity contribution is 5.94.